The van der Waals surface area contributed by atoms with Gasteiger partial charge in [-0.2, -0.15) is 0 Å². The Morgan fingerprint density at radius 2 is 1.85 bits per heavy atom. The van der Waals surface area contributed by atoms with Gasteiger partial charge in [0.25, 0.3) is 5.91 Å². The van der Waals surface area contributed by atoms with Gasteiger partial charge in [0.15, 0.2) is 6.10 Å². The minimum Gasteiger partial charge on any atom is -0.497 e. The zero-order valence-corrected chi connectivity index (χ0v) is 16.5. The predicted octanol–water partition coefficient (Wildman–Crippen LogP) is 4.48. The fourth-order valence-electron chi connectivity index (χ4n) is 2.71. The summed E-state index contributed by atoms with van der Waals surface area (Å²) in [6.45, 7) is 6.19. The molecule has 0 aliphatic rings. The van der Waals surface area contributed by atoms with Crippen molar-refractivity contribution < 1.29 is 14.3 Å². The van der Waals surface area contributed by atoms with E-state index >= 15 is 0 Å². The number of hydrogen-bond acceptors (Lipinski definition) is 3. The lowest BCUT2D eigenvalue weighted by molar-refractivity contribution is -0.127. The van der Waals surface area contributed by atoms with E-state index in [0.29, 0.717) is 12.3 Å². The van der Waals surface area contributed by atoms with Crippen LogP contribution in [0.25, 0.3) is 0 Å². The summed E-state index contributed by atoms with van der Waals surface area (Å²) in [5.74, 6) is 1.38. The molecule has 0 aromatic heterocycles. The summed E-state index contributed by atoms with van der Waals surface area (Å²) >= 11 is 6.16. The molecule has 2 aromatic rings. The van der Waals surface area contributed by atoms with Gasteiger partial charge < -0.3 is 14.8 Å². The third kappa shape index (κ3) is 5.67. The van der Waals surface area contributed by atoms with Crippen LogP contribution in [0.3, 0.4) is 0 Å². The molecule has 0 bridgehead atoms. The first-order chi connectivity index (χ1) is 12.4. The van der Waals surface area contributed by atoms with E-state index < -0.39 is 6.10 Å². The first-order valence-electron chi connectivity index (χ1n) is 8.74. The number of ether oxygens (including phenoxy) is 2. The monoisotopic (exact) mass is 375 g/mol. The smallest absolute Gasteiger partial charge is 0.260 e. The number of hydrogen-bond donors (Lipinski definition) is 1. The minimum atomic E-state index is -0.563. The lowest BCUT2D eigenvalue weighted by atomic mass is 10.1. The van der Waals surface area contributed by atoms with Crippen molar-refractivity contribution in [2.24, 2.45) is 0 Å². The Kier molecular flexibility index (Phi) is 7.34. The van der Waals surface area contributed by atoms with E-state index in [9.17, 15) is 4.79 Å². The van der Waals surface area contributed by atoms with E-state index in [1.807, 2.05) is 44.2 Å². The molecule has 0 saturated heterocycles. The summed E-state index contributed by atoms with van der Waals surface area (Å²) < 4.78 is 11.0. The highest BCUT2D eigenvalue weighted by Crippen LogP contribution is 2.26. The Bertz CT molecular complexity index is 738. The first kappa shape index (κ1) is 20.1. The largest absolute Gasteiger partial charge is 0.497 e. The van der Waals surface area contributed by atoms with Crippen molar-refractivity contribution in [3.05, 3.63) is 58.1 Å². The zero-order chi connectivity index (χ0) is 19.1. The van der Waals surface area contributed by atoms with Crippen LogP contribution < -0.4 is 14.8 Å². The van der Waals surface area contributed by atoms with Crippen LogP contribution in [0.5, 0.6) is 11.5 Å². The first-order valence-corrected chi connectivity index (χ1v) is 9.12. The van der Waals surface area contributed by atoms with E-state index in [2.05, 4.69) is 11.4 Å². The second-order valence-electron chi connectivity index (χ2n) is 6.38. The average Bonchev–Trinajstić information content (AvgIpc) is 2.63. The second kappa shape index (κ2) is 9.48. The zero-order valence-electron chi connectivity index (χ0n) is 15.8. The molecule has 0 unspecified atom stereocenters. The maximum Gasteiger partial charge on any atom is 0.260 e. The van der Waals surface area contributed by atoms with Gasteiger partial charge in [-0.1, -0.05) is 23.7 Å². The normalized spacial score (nSPS) is 11.7. The van der Waals surface area contributed by atoms with E-state index in [1.54, 1.807) is 14.0 Å². The van der Waals surface area contributed by atoms with Crippen LogP contribution in [0, 0.1) is 13.8 Å². The summed E-state index contributed by atoms with van der Waals surface area (Å²) in [5.41, 5.74) is 3.06. The van der Waals surface area contributed by atoms with Gasteiger partial charge in [0.05, 0.1) is 7.11 Å². The number of carbonyl (C=O) groups is 1. The molecule has 0 radical (unpaired) electrons. The summed E-state index contributed by atoms with van der Waals surface area (Å²) in [7, 11) is 1.66. The topological polar surface area (TPSA) is 47.6 Å². The van der Waals surface area contributed by atoms with Crippen molar-refractivity contribution in [1.82, 2.24) is 5.32 Å². The van der Waals surface area contributed by atoms with E-state index in [0.717, 1.165) is 34.7 Å². The number of carbonyl (C=O) groups excluding carboxylic acids is 1. The molecule has 0 spiro atoms. The number of nitrogens with one attached hydrogen (secondary N) is 1. The fraction of sp³-hybridized carbons (Fsp3) is 0.381. The molecule has 26 heavy (non-hydrogen) atoms. The van der Waals surface area contributed by atoms with Gasteiger partial charge in [-0.3, -0.25) is 4.79 Å². The Morgan fingerprint density at radius 1 is 1.15 bits per heavy atom. The van der Waals surface area contributed by atoms with Crippen molar-refractivity contribution >= 4 is 17.5 Å². The molecule has 0 fully saturated rings. The summed E-state index contributed by atoms with van der Waals surface area (Å²) in [6, 6.07) is 11.7. The van der Waals surface area contributed by atoms with Gasteiger partial charge in [-0.25, -0.2) is 0 Å². The average molecular weight is 376 g/mol. The molecular formula is C21H26ClNO3. The highest BCUT2D eigenvalue weighted by Gasteiger charge is 2.15. The van der Waals surface area contributed by atoms with Crippen molar-refractivity contribution in [3.8, 4) is 11.5 Å². The van der Waals surface area contributed by atoms with E-state index in [1.165, 1.54) is 5.56 Å². The van der Waals surface area contributed by atoms with Gasteiger partial charge in [-0.05, 0) is 74.6 Å². The summed E-state index contributed by atoms with van der Waals surface area (Å²) in [5, 5.41) is 3.65. The van der Waals surface area contributed by atoms with Gasteiger partial charge >= 0.3 is 0 Å². The molecule has 2 aromatic carbocycles. The van der Waals surface area contributed by atoms with Crippen LogP contribution in [-0.2, 0) is 11.2 Å². The third-order valence-electron chi connectivity index (χ3n) is 4.17. The van der Waals surface area contributed by atoms with E-state index in [-0.39, 0.29) is 5.91 Å². The molecular weight excluding hydrogens is 350 g/mol. The minimum absolute atomic E-state index is 0.124. The molecule has 1 amide bonds. The summed E-state index contributed by atoms with van der Waals surface area (Å²) in [6.07, 6.45) is 1.17. The van der Waals surface area contributed by atoms with Crippen LogP contribution in [-0.4, -0.2) is 25.7 Å². The molecule has 1 atom stereocenters. The lowest BCUT2D eigenvalue weighted by Gasteiger charge is -2.16. The molecule has 0 saturated carbocycles. The Balaban J connectivity index is 1.78. The highest BCUT2D eigenvalue weighted by atomic mass is 35.5. The predicted molar refractivity (Wildman–Crippen MR) is 105 cm³/mol. The van der Waals surface area contributed by atoms with Crippen molar-refractivity contribution in [2.75, 3.05) is 13.7 Å². The number of rotatable bonds is 8. The third-order valence-corrected chi connectivity index (χ3v) is 4.76. The van der Waals surface area contributed by atoms with Gasteiger partial charge in [0.2, 0.25) is 0 Å². The molecule has 4 nitrogen and oxygen atoms in total. The fourth-order valence-corrected chi connectivity index (χ4v) is 2.82. The SMILES string of the molecule is COc1cccc(CCCNC(=O)[C@H](C)Oc2cc(C)c(Cl)c(C)c2)c1. The number of halogens is 1. The molecule has 1 N–H and O–H groups in total. The lowest BCUT2D eigenvalue weighted by Crippen LogP contribution is -2.37. The van der Waals surface area contributed by atoms with Crippen LogP contribution >= 0.6 is 11.6 Å². The Morgan fingerprint density at radius 3 is 2.50 bits per heavy atom. The highest BCUT2D eigenvalue weighted by molar-refractivity contribution is 6.32. The molecule has 5 heteroatoms. The maximum absolute atomic E-state index is 12.2. The maximum atomic E-state index is 12.2. The standard InChI is InChI=1S/C21H26ClNO3/c1-14-11-19(12-15(2)20(14)22)26-16(3)21(24)23-10-6-8-17-7-5-9-18(13-17)25-4/h5,7,9,11-13,16H,6,8,10H2,1-4H3,(H,23,24)/t16-/m0/s1. The quantitative estimate of drug-likeness (QED) is 0.692. The van der Waals surface area contributed by atoms with Crippen LogP contribution in [0.15, 0.2) is 36.4 Å². The van der Waals surface area contributed by atoms with Gasteiger partial charge in [0.1, 0.15) is 11.5 Å². The Hall–Kier alpha value is -2.20. The van der Waals surface area contributed by atoms with Crippen molar-refractivity contribution in [3.63, 3.8) is 0 Å². The van der Waals surface area contributed by atoms with Crippen LogP contribution in [0.4, 0.5) is 0 Å². The van der Waals surface area contributed by atoms with Crippen LogP contribution in [0.2, 0.25) is 5.02 Å². The van der Waals surface area contributed by atoms with Gasteiger partial charge in [-0.15, -0.1) is 0 Å². The van der Waals surface area contributed by atoms with E-state index in [4.69, 9.17) is 21.1 Å². The number of amides is 1. The van der Waals surface area contributed by atoms with Crippen molar-refractivity contribution in [1.29, 1.82) is 0 Å². The number of methoxy groups -OCH3 is 1. The molecule has 140 valence electrons. The summed E-state index contributed by atoms with van der Waals surface area (Å²) in [4.78, 5) is 12.2. The number of aryl methyl sites for hydroxylation is 3. The van der Waals surface area contributed by atoms with Crippen molar-refractivity contribution in [2.45, 2.75) is 39.7 Å². The molecule has 0 heterocycles. The Labute approximate surface area is 160 Å². The van der Waals surface area contributed by atoms with Crippen LogP contribution in [0.1, 0.15) is 30.0 Å². The molecule has 0 aliphatic carbocycles. The molecule has 0 aliphatic heterocycles. The molecule has 2 rings (SSSR count). The second-order valence-corrected chi connectivity index (χ2v) is 6.76. The number of benzene rings is 2. The van der Waals surface area contributed by atoms with Gasteiger partial charge in [0, 0.05) is 11.6 Å².